The molecule has 220 valence electrons. The molecule has 0 saturated carbocycles. The van der Waals surface area contributed by atoms with E-state index >= 15 is 0 Å². The van der Waals surface area contributed by atoms with Gasteiger partial charge in [0.05, 0.1) is 43.1 Å². The topological polar surface area (TPSA) is 205 Å². The minimum atomic E-state index is -4.94. The largest absolute Gasteiger partial charge is 0.494 e. The summed E-state index contributed by atoms with van der Waals surface area (Å²) in [5, 5.41) is 14.8. The number of hydrogen-bond donors (Lipinski definition) is 1. The van der Waals surface area contributed by atoms with E-state index in [1.165, 1.54) is 11.3 Å². The third kappa shape index (κ3) is 10.6. The fourth-order valence-electron chi connectivity index (χ4n) is 3.80. The summed E-state index contributed by atoms with van der Waals surface area (Å²) in [6.45, 7) is 11.0. The highest BCUT2D eigenvalue weighted by Gasteiger charge is 2.25. The molecule has 1 saturated heterocycles. The molecule has 1 N–H and O–H groups in total. The Morgan fingerprint density at radius 3 is 2.21 bits per heavy atom. The number of aryl methyl sites for hydroxylation is 1. The second-order valence-corrected chi connectivity index (χ2v) is 12.4. The van der Waals surface area contributed by atoms with Gasteiger partial charge in [-0.2, -0.15) is 0 Å². The van der Waals surface area contributed by atoms with E-state index in [1.54, 1.807) is 23.9 Å². The molecule has 0 radical (unpaired) electrons. The number of sulfonamides is 1. The standard InChI is InChI=1S/C21H33N7O4S2.ClHO4/c1-14(2)28(15(3)4)21-24-26(5)20(33-21)23-22-16-13-19(31-6)18(27-8-10-32-11-9-27)12-17(16)25-34(7,29)30;2-1(3,4)5/h12-15H,8-11H2,1-7H3;(H,2,3,4,5). The molecule has 1 fully saturated rings. The summed E-state index contributed by atoms with van der Waals surface area (Å²) in [4.78, 5) is 4.30. The average molecular weight is 612 g/mol. The molecule has 0 bridgehead atoms. The molecule has 1 aliphatic heterocycles. The Morgan fingerprint density at radius 2 is 1.72 bits per heavy atom. The van der Waals surface area contributed by atoms with Crippen molar-refractivity contribution in [3.8, 4) is 5.75 Å². The zero-order chi connectivity index (χ0) is 29.5. The molecule has 0 unspecified atom stereocenters. The Hall–Kier alpha value is -2.38. The van der Waals surface area contributed by atoms with Gasteiger partial charge in [-0.3, -0.25) is 4.72 Å². The van der Waals surface area contributed by atoms with Crippen LogP contribution in [0.2, 0.25) is 0 Å². The summed E-state index contributed by atoms with van der Waals surface area (Å²) < 4.78 is 73.4. The molecular weight excluding hydrogens is 578 g/mol. The zero-order valence-electron chi connectivity index (χ0n) is 22.8. The molecule has 0 amide bonds. The molecule has 0 atom stereocenters. The predicted octanol–water partition coefficient (Wildman–Crippen LogP) is -1.53. The number of nitrogens with one attached hydrogen (secondary N) is 1. The maximum atomic E-state index is 12.1. The lowest BCUT2D eigenvalue weighted by atomic mass is 10.2. The summed E-state index contributed by atoms with van der Waals surface area (Å²) >= 11 is 1.42. The van der Waals surface area contributed by atoms with Crippen molar-refractivity contribution in [3.05, 3.63) is 12.1 Å². The fraction of sp³-hybridized carbons (Fsp3) is 0.619. The van der Waals surface area contributed by atoms with Crippen molar-refractivity contribution in [2.24, 2.45) is 17.3 Å². The number of hydrogen-bond acceptors (Lipinski definition) is 14. The first-order valence-corrected chi connectivity index (χ1v) is 15.7. The molecule has 0 spiro atoms. The van der Waals surface area contributed by atoms with Gasteiger partial charge in [-0.05, 0) is 50.2 Å². The summed E-state index contributed by atoms with van der Waals surface area (Å²) in [5.74, 6) is 0.579. The van der Waals surface area contributed by atoms with Crippen LogP contribution < -0.4 is 42.6 Å². The van der Waals surface area contributed by atoms with Crippen molar-refractivity contribution < 1.29 is 51.5 Å². The van der Waals surface area contributed by atoms with E-state index in [0.717, 1.165) is 17.1 Å². The van der Waals surface area contributed by atoms with Crippen LogP contribution in [-0.4, -0.2) is 65.3 Å². The second kappa shape index (κ2) is 13.8. The number of azo groups is 1. The van der Waals surface area contributed by atoms with Crippen LogP contribution in [0.5, 0.6) is 5.75 Å². The van der Waals surface area contributed by atoms with Gasteiger partial charge < -0.3 is 19.3 Å². The van der Waals surface area contributed by atoms with Crippen LogP contribution >= 0.6 is 11.3 Å². The van der Waals surface area contributed by atoms with Crippen LogP contribution in [0.25, 0.3) is 0 Å². The maximum Gasteiger partial charge on any atom is 0.431 e. The Bertz CT molecular complexity index is 1220. The van der Waals surface area contributed by atoms with Crippen LogP contribution in [-0.2, 0) is 21.8 Å². The molecule has 1 aliphatic rings. The molecule has 18 heteroatoms. The Kier molecular flexibility index (Phi) is 11.6. The number of nitrogens with zero attached hydrogens (tertiary/aromatic N) is 6. The number of benzene rings is 1. The highest BCUT2D eigenvalue weighted by atomic mass is 35.7. The van der Waals surface area contributed by atoms with Gasteiger partial charge in [0.15, 0.2) is 0 Å². The van der Waals surface area contributed by atoms with Gasteiger partial charge in [-0.25, -0.2) is 27.1 Å². The van der Waals surface area contributed by atoms with Gasteiger partial charge in [0, 0.05) is 31.2 Å². The van der Waals surface area contributed by atoms with Crippen molar-refractivity contribution in [3.63, 3.8) is 0 Å². The minimum absolute atomic E-state index is 0.276. The Morgan fingerprint density at radius 1 is 1.15 bits per heavy atom. The molecule has 1 aromatic heterocycles. The normalized spacial score (nSPS) is 14.5. The summed E-state index contributed by atoms with van der Waals surface area (Å²) in [5.41, 5.74) is 1.44. The number of methoxy groups -OCH3 is 1. The minimum Gasteiger partial charge on any atom is -0.494 e. The molecule has 2 aromatic rings. The van der Waals surface area contributed by atoms with E-state index in [1.807, 2.05) is 7.05 Å². The number of rotatable bonds is 9. The van der Waals surface area contributed by atoms with Gasteiger partial charge in [-0.1, -0.05) is 5.10 Å². The summed E-state index contributed by atoms with van der Waals surface area (Å²) in [7, 11) is -5.10. The average Bonchev–Trinajstić information content (AvgIpc) is 3.15. The van der Waals surface area contributed by atoms with E-state index in [2.05, 4.69) is 57.5 Å². The Labute approximate surface area is 234 Å². The van der Waals surface area contributed by atoms with Crippen LogP contribution in [0, 0.1) is 10.2 Å². The molecule has 15 nitrogen and oxygen atoms in total. The number of anilines is 3. The number of ether oxygens (including phenoxy) is 2. The lowest BCUT2D eigenvalue weighted by Gasteiger charge is -2.30. The lowest BCUT2D eigenvalue weighted by Crippen LogP contribution is -2.68. The molecular formula is C21H34ClN7O8S2. The van der Waals surface area contributed by atoms with E-state index in [-0.39, 0.29) is 12.1 Å². The number of aromatic nitrogens is 2. The highest BCUT2D eigenvalue weighted by molar-refractivity contribution is 7.92. The van der Waals surface area contributed by atoms with Crippen molar-refractivity contribution in [1.82, 2.24) is 5.10 Å². The number of halogens is 1. The smallest absolute Gasteiger partial charge is 0.431 e. The van der Waals surface area contributed by atoms with E-state index in [4.69, 9.17) is 28.1 Å². The first-order chi connectivity index (χ1) is 18.0. The predicted molar refractivity (Wildman–Crippen MR) is 135 cm³/mol. The molecule has 0 aliphatic carbocycles. The SMILES string of the molecule is COc1cc(N=Nc2sc(N(C(C)C)C(C)C)n[n+]2C)c(NS(C)(=O)=O)cc1N1CCOCC1.[O-][Cl+3]([O-])([O-])[O-]. The quantitative estimate of drug-likeness (QED) is 0.254. The van der Waals surface area contributed by atoms with Crippen molar-refractivity contribution in [2.75, 3.05) is 54.2 Å². The molecule has 1 aromatic carbocycles. The first kappa shape index (κ1) is 32.8. The second-order valence-electron chi connectivity index (χ2n) is 8.98. The Balaban J connectivity index is 0.000000976. The van der Waals surface area contributed by atoms with Crippen molar-refractivity contribution in [1.29, 1.82) is 0 Å². The van der Waals surface area contributed by atoms with Gasteiger partial charge >= 0.3 is 5.13 Å². The summed E-state index contributed by atoms with van der Waals surface area (Å²) in [6.07, 6.45) is 1.11. The first-order valence-electron chi connectivity index (χ1n) is 11.7. The maximum absolute atomic E-state index is 12.1. The van der Waals surface area contributed by atoms with Crippen LogP contribution in [0.15, 0.2) is 22.4 Å². The van der Waals surface area contributed by atoms with Gasteiger partial charge in [0.1, 0.15) is 18.5 Å². The lowest BCUT2D eigenvalue weighted by molar-refractivity contribution is -2.00. The zero-order valence-corrected chi connectivity index (χ0v) is 25.2. The molecule has 39 heavy (non-hydrogen) atoms. The van der Waals surface area contributed by atoms with Crippen LogP contribution in [0.1, 0.15) is 27.7 Å². The van der Waals surface area contributed by atoms with Crippen molar-refractivity contribution >= 4 is 48.7 Å². The third-order valence-electron chi connectivity index (χ3n) is 5.22. The van der Waals surface area contributed by atoms with Crippen LogP contribution in [0.4, 0.5) is 27.3 Å². The highest BCUT2D eigenvalue weighted by Crippen LogP contribution is 2.40. The third-order valence-corrected chi connectivity index (χ3v) is 6.81. The van der Waals surface area contributed by atoms with E-state index in [0.29, 0.717) is 48.6 Å². The van der Waals surface area contributed by atoms with Gasteiger partial charge in [0.25, 0.3) is 0 Å². The van der Waals surface area contributed by atoms with Crippen molar-refractivity contribution in [2.45, 2.75) is 39.8 Å². The fourth-order valence-corrected chi connectivity index (χ4v) is 5.47. The van der Waals surface area contributed by atoms with Gasteiger partial charge in [0.2, 0.25) is 15.2 Å². The number of morpholine rings is 1. The van der Waals surface area contributed by atoms with Crippen LogP contribution in [0.3, 0.4) is 0 Å². The molecule has 3 rings (SSSR count). The van der Waals surface area contributed by atoms with E-state index in [9.17, 15) is 8.42 Å². The summed E-state index contributed by atoms with van der Waals surface area (Å²) in [6, 6.07) is 3.98. The molecule has 2 heterocycles. The van der Waals surface area contributed by atoms with E-state index < -0.39 is 20.3 Å². The van der Waals surface area contributed by atoms with Gasteiger partial charge in [-0.15, -0.1) is 14.9 Å². The monoisotopic (exact) mass is 611 g/mol.